The van der Waals surface area contributed by atoms with E-state index in [2.05, 4.69) is 11.4 Å². The fraction of sp³-hybridized carbons (Fsp3) is 0.214. The molecule has 92 valence electrons. The van der Waals surface area contributed by atoms with E-state index in [0.717, 1.165) is 16.3 Å². The van der Waals surface area contributed by atoms with Crippen LogP contribution in [0.4, 0.5) is 5.69 Å². The van der Waals surface area contributed by atoms with Crippen molar-refractivity contribution in [3.63, 3.8) is 0 Å². The molecule has 0 aliphatic heterocycles. The number of thioether (sulfide) groups is 1. The highest BCUT2D eigenvalue weighted by Gasteiger charge is 2.12. The van der Waals surface area contributed by atoms with Crippen LogP contribution in [0.25, 0.3) is 0 Å². The monoisotopic (exact) mass is 258 g/mol. The maximum Gasteiger partial charge on any atom is 0.125 e. The average molecular weight is 258 g/mol. The van der Waals surface area contributed by atoms with E-state index in [1.807, 2.05) is 43.5 Å². The van der Waals surface area contributed by atoms with Gasteiger partial charge in [0.05, 0.1) is 23.6 Å². The van der Waals surface area contributed by atoms with Crippen LogP contribution in [0.1, 0.15) is 24.3 Å². The van der Waals surface area contributed by atoms with E-state index in [4.69, 9.17) is 4.42 Å². The molecular formula is C14H14N2OS. The molecule has 4 heteroatoms. The molecule has 1 aromatic carbocycles. The molecule has 2 rings (SSSR count). The lowest BCUT2D eigenvalue weighted by Crippen LogP contribution is -2.07. The number of hydrogen-bond donors (Lipinski definition) is 1. The van der Waals surface area contributed by atoms with Crippen LogP contribution in [0.2, 0.25) is 0 Å². The molecule has 1 unspecified atom stereocenters. The van der Waals surface area contributed by atoms with Crippen molar-refractivity contribution in [3.05, 3.63) is 47.9 Å². The molecule has 0 aliphatic rings. The molecule has 3 nitrogen and oxygen atoms in total. The zero-order chi connectivity index (χ0) is 13.0. The van der Waals surface area contributed by atoms with Gasteiger partial charge in [-0.15, -0.1) is 11.8 Å². The number of rotatable bonds is 4. The van der Waals surface area contributed by atoms with Crippen LogP contribution >= 0.6 is 11.8 Å². The van der Waals surface area contributed by atoms with Gasteiger partial charge >= 0.3 is 0 Å². The lowest BCUT2D eigenvalue weighted by molar-refractivity contribution is 0.490. The first-order valence-corrected chi connectivity index (χ1v) is 6.85. The van der Waals surface area contributed by atoms with Gasteiger partial charge in [0.25, 0.3) is 0 Å². The average Bonchev–Trinajstić information content (AvgIpc) is 2.92. The van der Waals surface area contributed by atoms with Gasteiger partial charge < -0.3 is 9.73 Å². The minimum Gasteiger partial charge on any atom is -0.467 e. The number of nitrogens with zero attached hydrogens (tertiary/aromatic N) is 1. The second-order valence-corrected chi connectivity index (χ2v) is 4.72. The summed E-state index contributed by atoms with van der Waals surface area (Å²) in [5, 5.41) is 12.6. The molecule has 18 heavy (non-hydrogen) atoms. The lowest BCUT2D eigenvalue weighted by Gasteiger charge is -2.15. The molecule has 1 N–H and O–H groups in total. The van der Waals surface area contributed by atoms with Crippen molar-refractivity contribution in [2.45, 2.75) is 17.9 Å². The maximum atomic E-state index is 9.25. The van der Waals surface area contributed by atoms with E-state index in [-0.39, 0.29) is 6.04 Å². The Morgan fingerprint density at radius 2 is 2.17 bits per heavy atom. The SMILES string of the molecule is CSc1cccc(NC(C)c2ccco2)c1C#N. The minimum absolute atomic E-state index is 0.0317. The van der Waals surface area contributed by atoms with Crippen LogP contribution in [0.15, 0.2) is 45.9 Å². The summed E-state index contributed by atoms with van der Waals surface area (Å²) in [6.45, 7) is 2.01. The van der Waals surface area contributed by atoms with Crippen LogP contribution in [-0.2, 0) is 0 Å². The molecule has 0 fully saturated rings. The first-order valence-electron chi connectivity index (χ1n) is 5.63. The van der Waals surface area contributed by atoms with E-state index in [9.17, 15) is 5.26 Å². The molecule has 0 saturated carbocycles. The summed E-state index contributed by atoms with van der Waals surface area (Å²) in [5.41, 5.74) is 1.52. The predicted molar refractivity (Wildman–Crippen MR) is 73.7 cm³/mol. The summed E-state index contributed by atoms with van der Waals surface area (Å²) >= 11 is 1.57. The molecule has 1 heterocycles. The number of nitrogens with one attached hydrogen (secondary N) is 1. The van der Waals surface area contributed by atoms with Crippen molar-refractivity contribution >= 4 is 17.4 Å². The summed E-state index contributed by atoms with van der Waals surface area (Å²) in [4.78, 5) is 0.981. The van der Waals surface area contributed by atoms with Crippen molar-refractivity contribution in [2.24, 2.45) is 0 Å². The fourth-order valence-electron chi connectivity index (χ4n) is 1.78. The van der Waals surface area contributed by atoms with Crippen molar-refractivity contribution in [1.82, 2.24) is 0 Å². The normalized spacial score (nSPS) is 11.8. The largest absolute Gasteiger partial charge is 0.467 e. The third kappa shape index (κ3) is 2.52. The van der Waals surface area contributed by atoms with Gasteiger partial charge in [0.1, 0.15) is 11.8 Å². The number of benzene rings is 1. The maximum absolute atomic E-state index is 9.25. The highest BCUT2D eigenvalue weighted by molar-refractivity contribution is 7.98. The van der Waals surface area contributed by atoms with Crippen molar-refractivity contribution in [1.29, 1.82) is 5.26 Å². The van der Waals surface area contributed by atoms with Gasteiger partial charge in [0.15, 0.2) is 0 Å². The molecule has 0 amide bonds. The van der Waals surface area contributed by atoms with Gasteiger partial charge in [0, 0.05) is 4.90 Å². The smallest absolute Gasteiger partial charge is 0.125 e. The summed E-state index contributed by atoms with van der Waals surface area (Å²) in [6, 6.07) is 11.9. The minimum atomic E-state index is 0.0317. The van der Waals surface area contributed by atoms with Crippen LogP contribution in [-0.4, -0.2) is 6.26 Å². The van der Waals surface area contributed by atoms with Crippen molar-refractivity contribution < 1.29 is 4.42 Å². The number of furan rings is 1. The number of nitriles is 1. The Morgan fingerprint density at radius 3 is 2.78 bits per heavy atom. The number of anilines is 1. The van der Waals surface area contributed by atoms with Gasteiger partial charge in [-0.05, 0) is 37.4 Å². The molecule has 0 aliphatic carbocycles. The third-order valence-electron chi connectivity index (χ3n) is 2.70. The Hall–Kier alpha value is -1.86. The lowest BCUT2D eigenvalue weighted by atomic mass is 10.1. The zero-order valence-electron chi connectivity index (χ0n) is 10.3. The summed E-state index contributed by atoms with van der Waals surface area (Å²) in [5.74, 6) is 0.855. The third-order valence-corrected chi connectivity index (χ3v) is 3.48. The van der Waals surface area contributed by atoms with Gasteiger partial charge in [-0.2, -0.15) is 5.26 Å². The van der Waals surface area contributed by atoms with E-state index >= 15 is 0 Å². The zero-order valence-corrected chi connectivity index (χ0v) is 11.1. The fourth-order valence-corrected chi connectivity index (χ4v) is 2.35. The summed E-state index contributed by atoms with van der Waals surface area (Å²) in [7, 11) is 0. The Balaban J connectivity index is 2.27. The Kier molecular flexibility index (Phi) is 3.96. The Labute approximate surface area is 111 Å². The standard InChI is InChI=1S/C14H14N2OS/c1-10(13-6-4-8-17-13)16-12-5-3-7-14(18-2)11(12)9-15/h3-8,10,16H,1-2H3. The quantitative estimate of drug-likeness (QED) is 0.841. The van der Waals surface area contributed by atoms with E-state index in [1.54, 1.807) is 18.0 Å². The molecule has 0 saturated heterocycles. The first kappa shape index (κ1) is 12.6. The van der Waals surface area contributed by atoms with Gasteiger partial charge in [-0.25, -0.2) is 0 Å². The van der Waals surface area contributed by atoms with Crippen LogP contribution < -0.4 is 5.32 Å². The predicted octanol–water partition coefficient (Wildman–Crippen LogP) is 4.05. The second kappa shape index (κ2) is 5.65. The highest BCUT2D eigenvalue weighted by Crippen LogP contribution is 2.29. The second-order valence-electron chi connectivity index (χ2n) is 3.88. The molecule has 0 radical (unpaired) electrons. The Bertz CT molecular complexity index is 558. The van der Waals surface area contributed by atoms with Crippen molar-refractivity contribution in [2.75, 3.05) is 11.6 Å². The summed E-state index contributed by atoms with van der Waals surface area (Å²) < 4.78 is 5.35. The van der Waals surface area contributed by atoms with Gasteiger partial charge in [-0.1, -0.05) is 6.07 Å². The van der Waals surface area contributed by atoms with Crippen LogP contribution in [0.5, 0.6) is 0 Å². The Morgan fingerprint density at radius 1 is 1.33 bits per heavy atom. The molecule has 0 spiro atoms. The summed E-state index contributed by atoms with van der Waals surface area (Å²) in [6.07, 6.45) is 3.62. The molecule has 2 aromatic rings. The van der Waals surface area contributed by atoms with Gasteiger partial charge in [-0.3, -0.25) is 0 Å². The van der Waals surface area contributed by atoms with E-state index < -0.39 is 0 Å². The van der Waals surface area contributed by atoms with Crippen LogP contribution in [0.3, 0.4) is 0 Å². The van der Waals surface area contributed by atoms with E-state index in [0.29, 0.717) is 5.56 Å². The van der Waals surface area contributed by atoms with Crippen LogP contribution in [0, 0.1) is 11.3 Å². The first-order chi connectivity index (χ1) is 8.76. The molecule has 0 bridgehead atoms. The molecular weight excluding hydrogens is 244 g/mol. The highest BCUT2D eigenvalue weighted by atomic mass is 32.2. The topological polar surface area (TPSA) is 49.0 Å². The van der Waals surface area contributed by atoms with E-state index in [1.165, 1.54) is 0 Å². The van der Waals surface area contributed by atoms with Crippen molar-refractivity contribution in [3.8, 4) is 6.07 Å². The van der Waals surface area contributed by atoms with Gasteiger partial charge in [0.2, 0.25) is 0 Å². The molecule has 1 aromatic heterocycles. The number of hydrogen-bond acceptors (Lipinski definition) is 4. The molecule has 1 atom stereocenters.